The lowest BCUT2D eigenvalue weighted by Gasteiger charge is -2.23. The molecule has 0 aromatic heterocycles. The van der Waals surface area contributed by atoms with E-state index in [0.29, 0.717) is 12.0 Å². The molecule has 1 aromatic rings. The van der Waals surface area contributed by atoms with Crippen LogP contribution in [0.1, 0.15) is 38.7 Å². The largest absolute Gasteiger partial charge is 0.310 e. The van der Waals surface area contributed by atoms with Crippen LogP contribution in [0.2, 0.25) is 0 Å². The van der Waals surface area contributed by atoms with Crippen molar-refractivity contribution in [2.24, 2.45) is 0 Å². The Morgan fingerprint density at radius 2 is 2.22 bits per heavy atom. The SMILES string of the molecule is CCCNC(C=C(C)C)C1CSc2ccccc21. The number of hydrogen-bond donors (Lipinski definition) is 1. The molecule has 1 nitrogen and oxygen atoms in total. The number of hydrogen-bond acceptors (Lipinski definition) is 2. The molecule has 1 N–H and O–H groups in total. The molecule has 0 amide bonds. The molecule has 2 unspecified atom stereocenters. The molecule has 2 heteroatoms. The van der Waals surface area contributed by atoms with Crippen LogP contribution in [0.5, 0.6) is 0 Å². The van der Waals surface area contributed by atoms with Crippen molar-refractivity contribution in [3.05, 3.63) is 41.5 Å². The first-order chi connectivity index (χ1) is 8.72. The Morgan fingerprint density at radius 3 is 2.94 bits per heavy atom. The van der Waals surface area contributed by atoms with E-state index >= 15 is 0 Å². The Bertz CT molecular complexity index is 421. The maximum atomic E-state index is 3.69. The van der Waals surface area contributed by atoms with E-state index in [9.17, 15) is 0 Å². The van der Waals surface area contributed by atoms with E-state index in [2.05, 4.69) is 56.4 Å². The van der Waals surface area contributed by atoms with Crippen molar-refractivity contribution >= 4 is 11.8 Å². The summed E-state index contributed by atoms with van der Waals surface area (Å²) in [6.07, 6.45) is 3.58. The van der Waals surface area contributed by atoms with Gasteiger partial charge >= 0.3 is 0 Å². The lowest BCUT2D eigenvalue weighted by molar-refractivity contribution is 0.524. The van der Waals surface area contributed by atoms with Crippen molar-refractivity contribution in [3.63, 3.8) is 0 Å². The van der Waals surface area contributed by atoms with Gasteiger partial charge in [-0.1, -0.05) is 36.8 Å². The first-order valence-electron chi connectivity index (χ1n) is 6.82. The van der Waals surface area contributed by atoms with E-state index in [1.54, 1.807) is 0 Å². The van der Waals surface area contributed by atoms with Crippen LogP contribution >= 0.6 is 11.8 Å². The third kappa shape index (κ3) is 3.18. The fourth-order valence-electron chi connectivity index (χ4n) is 2.47. The number of nitrogens with one attached hydrogen (secondary N) is 1. The molecule has 0 radical (unpaired) electrons. The molecular formula is C16H23NS. The van der Waals surface area contributed by atoms with E-state index in [0.717, 1.165) is 6.54 Å². The maximum absolute atomic E-state index is 3.69. The third-order valence-electron chi connectivity index (χ3n) is 3.31. The summed E-state index contributed by atoms with van der Waals surface area (Å²) >= 11 is 2.00. The fourth-order valence-corrected chi connectivity index (χ4v) is 3.78. The third-order valence-corrected chi connectivity index (χ3v) is 4.52. The Kier molecular flexibility index (Phi) is 4.90. The molecule has 1 aliphatic heterocycles. The summed E-state index contributed by atoms with van der Waals surface area (Å²) in [7, 11) is 0. The van der Waals surface area contributed by atoms with Gasteiger partial charge in [0.25, 0.3) is 0 Å². The van der Waals surface area contributed by atoms with E-state index in [-0.39, 0.29) is 0 Å². The zero-order chi connectivity index (χ0) is 13.0. The summed E-state index contributed by atoms with van der Waals surface area (Å²) < 4.78 is 0. The van der Waals surface area contributed by atoms with Gasteiger partial charge in [-0.2, -0.15) is 0 Å². The molecule has 1 aromatic carbocycles. The highest BCUT2D eigenvalue weighted by molar-refractivity contribution is 7.99. The monoisotopic (exact) mass is 261 g/mol. The van der Waals surface area contributed by atoms with Gasteiger partial charge in [0, 0.05) is 22.6 Å². The molecule has 18 heavy (non-hydrogen) atoms. The van der Waals surface area contributed by atoms with Crippen molar-refractivity contribution < 1.29 is 0 Å². The quantitative estimate of drug-likeness (QED) is 0.797. The zero-order valence-corrected chi connectivity index (χ0v) is 12.4. The summed E-state index contributed by atoms with van der Waals surface area (Å²) in [6, 6.07) is 9.32. The van der Waals surface area contributed by atoms with E-state index in [4.69, 9.17) is 0 Å². The van der Waals surface area contributed by atoms with Crippen molar-refractivity contribution in [3.8, 4) is 0 Å². The van der Waals surface area contributed by atoms with Crippen molar-refractivity contribution in [1.29, 1.82) is 0 Å². The highest BCUT2D eigenvalue weighted by Gasteiger charge is 2.28. The van der Waals surface area contributed by atoms with E-state index in [1.165, 1.54) is 28.2 Å². The van der Waals surface area contributed by atoms with Crippen molar-refractivity contribution in [1.82, 2.24) is 5.32 Å². The highest BCUT2D eigenvalue weighted by atomic mass is 32.2. The molecule has 2 atom stereocenters. The molecule has 0 fully saturated rings. The Morgan fingerprint density at radius 1 is 1.44 bits per heavy atom. The minimum atomic E-state index is 0.478. The molecule has 0 spiro atoms. The van der Waals surface area contributed by atoms with E-state index in [1.807, 2.05) is 11.8 Å². The second-order valence-electron chi connectivity index (χ2n) is 5.18. The van der Waals surface area contributed by atoms with Crippen LogP contribution < -0.4 is 5.32 Å². The summed E-state index contributed by atoms with van der Waals surface area (Å²) in [5.41, 5.74) is 2.92. The smallest absolute Gasteiger partial charge is 0.0329 e. The number of fused-ring (bicyclic) bond motifs is 1. The molecule has 0 saturated carbocycles. The van der Waals surface area contributed by atoms with Crippen LogP contribution in [0.25, 0.3) is 0 Å². The van der Waals surface area contributed by atoms with Gasteiger partial charge in [0.1, 0.15) is 0 Å². The number of thioether (sulfide) groups is 1. The molecule has 1 aliphatic rings. The molecule has 0 bridgehead atoms. The van der Waals surface area contributed by atoms with Crippen LogP contribution in [-0.2, 0) is 0 Å². The summed E-state index contributed by atoms with van der Waals surface area (Å²) in [5, 5.41) is 3.69. The van der Waals surface area contributed by atoms with Crippen LogP contribution in [0.15, 0.2) is 40.8 Å². The first kappa shape index (κ1) is 13.7. The van der Waals surface area contributed by atoms with Gasteiger partial charge in [-0.15, -0.1) is 11.8 Å². The molecule has 1 heterocycles. The molecule has 2 rings (SSSR count). The summed E-state index contributed by atoms with van der Waals surface area (Å²) in [4.78, 5) is 1.47. The number of rotatable bonds is 5. The van der Waals surface area contributed by atoms with Crippen LogP contribution in [-0.4, -0.2) is 18.3 Å². The average molecular weight is 261 g/mol. The van der Waals surface area contributed by atoms with Crippen LogP contribution in [0, 0.1) is 0 Å². The second kappa shape index (κ2) is 6.44. The molecule has 0 saturated heterocycles. The van der Waals surface area contributed by atoms with Gasteiger partial charge in [-0.25, -0.2) is 0 Å². The van der Waals surface area contributed by atoms with Gasteiger partial charge in [0.15, 0.2) is 0 Å². The average Bonchev–Trinajstić information content (AvgIpc) is 2.78. The van der Waals surface area contributed by atoms with Crippen molar-refractivity contribution in [2.45, 2.75) is 44.0 Å². The van der Waals surface area contributed by atoms with Gasteiger partial charge in [-0.3, -0.25) is 0 Å². The second-order valence-corrected chi connectivity index (χ2v) is 6.24. The summed E-state index contributed by atoms with van der Waals surface area (Å²) in [6.45, 7) is 7.70. The van der Waals surface area contributed by atoms with Gasteiger partial charge in [-0.05, 0) is 38.4 Å². The predicted molar refractivity (Wildman–Crippen MR) is 81.4 cm³/mol. The Labute approximate surface area is 115 Å². The maximum Gasteiger partial charge on any atom is 0.0329 e. The minimum Gasteiger partial charge on any atom is -0.310 e. The van der Waals surface area contributed by atoms with Crippen LogP contribution in [0.3, 0.4) is 0 Å². The standard InChI is InChI=1S/C16H23NS/c1-4-9-17-15(10-12(2)3)14-11-18-16-8-6-5-7-13(14)16/h5-8,10,14-15,17H,4,9,11H2,1-3H3. The highest BCUT2D eigenvalue weighted by Crippen LogP contribution is 2.41. The topological polar surface area (TPSA) is 12.0 Å². The number of benzene rings is 1. The number of allylic oxidation sites excluding steroid dienone is 1. The Hall–Kier alpha value is -0.730. The lowest BCUT2D eigenvalue weighted by Crippen LogP contribution is -2.34. The lowest BCUT2D eigenvalue weighted by atomic mass is 9.92. The summed E-state index contributed by atoms with van der Waals surface area (Å²) in [5.74, 6) is 1.82. The van der Waals surface area contributed by atoms with Gasteiger partial charge in [0.2, 0.25) is 0 Å². The Balaban J connectivity index is 2.19. The normalized spacial score (nSPS) is 19.4. The minimum absolute atomic E-state index is 0.478. The first-order valence-corrected chi connectivity index (χ1v) is 7.81. The van der Waals surface area contributed by atoms with Crippen LogP contribution in [0.4, 0.5) is 0 Å². The zero-order valence-electron chi connectivity index (χ0n) is 11.6. The molecular weight excluding hydrogens is 238 g/mol. The molecule has 0 aliphatic carbocycles. The predicted octanol–water partition coefficient (Wildman–Crippen LogP) is 4.21. The molecule has 98 valence electrons. The van der Waals surface area contributed by atoms with Gasteiger partial charge in [0.05, 0.1) is 0 Å². The fraction of sp³-hybridized carbons (Fsp3) is 0.500. The van der Waals surface area contributed by atoms with Gasteiger partial charge < -0.3 is 5.32 Å². The van der Waals surface area contributed by atoms with E-state index < -0.39 is 0 Å². The van der Waals surface area contributed by atoms with Crippen molar-refractivity contribution in [2.75, 3.05) is 12.3 Å².